The van der Waals surface area contributed by atoms with Crippen LogP contribution in [0.5, 0.6) is 0 Å². The average Bonchev–Trinajstić information content (AvgIpc) is 3.29. The Balaban J connectivity index is 0.000000414. The largest absolute Gasteiger partial charge is 0.478 e. The number of thiophene rings is 1. The van der Waals surface area contributed by atoms with Gasteiger partial charge in [0.25, 0.3) is 0 Å². The summed E-state index contributed by atoms with van der Waals surface area (Å²) in [6, 6.07) is 14.8. The SMILES string of the molecule is CCC(C(=O)c1ccc(F)cc1)N(c1ccncc1)c1csc2cc(Cl)ccc12.O=C(O)/C=C/C(=O)O. The number of carbonyl (C=O) groups excluding carboxylic acids is 1. The minimum absolute atomic E-state index is 0.0578. The molecule has 37 heavy (non-hydrogen) atoms. The van der Waals surface area contributed by atoms with E-state index in [0.29, 0.717) is 29.2 Å². The van der Waals surface area contributed by atoms with Crippen molar-refractivity contribution in [2.45, 2.75) is 19.4 Å². The number of aromatic nitrogens is 1. The van der Waals surface area contributed by atoms with Gasteiger partial charge in [-0.1, -0.05) is 18.5 Å². The highest BCUT2D eigenvalue weighted by Crippen LogP contribution is 2.40. The molecule has 1 unspecified atom stereocenters. The predicted molar refractivity (Wildman–Crippen MR) is 142 cm³/mol. The maximum atomic E-state index is 13.4. The summed E-state index contributed by atoms with van der Waals surface area (Å²) in [5.41, 5.74) is 2.30. The number of hydrogen-bond donors (Lipinski definition) is 2. The van der Waals surface area contributed by atoms with Crippen LogP contribution in [0.2, 0.25) is 5.02 Å². The molecule has 2 N–H and O–H groups in total. The zero-order chi connectivity index (χ0) is 26.9. The van der Waals surface area contributed by atoms with Gasteiger partial charge in [-0.3, -0.25) is 9.78 Å². The third-order valence-corrected chi connectivity index (χ3v) is 6.38. The molecule has 0 fully saturated rings. The summed E-state index contributed by atoms with van der Waals surface area (Å²) in [4.78, 5) is 38.7. The van der Waals surface area contributed by atoms with Crippen molar-refractivity contribution < 1.29 is 29.0 Å². The highest BCUT2D eigenvalue weighted by Gasteiger charge is 2.29. The molecule has 7 nitrogen and oxygen atoms in total. The van der Waals surface area contributed by atoms with Crippen molar-refractivity contribution in [1.82, 2.24) is 4.98 Å². The van der Waals surface area contributed by atoms with Gasteiger partial charge in [-0.25, -0.2) is 14.0 Å². The quantitative estimate of drug-likeness (QED) is 0.191. The number of rotatable bonds is 8. The van der Waals surface area contributed by atoms with Crippen molar-refractivity contribution in [3.8, 4) is 0 Å². The lowest BCUT2D eigenvalue weighted by molar-refractivity contribution is -0.134. The van der Waals surface area contributed by atoms with Crippen LogP contribution < -0.4 is 4.90 Å². The Kier molecular flexibility index (Phi) is 9.48. The lowest BCUT2D eigenvalue weighted by atomic mass is 9.99. The lowest BCUT2D eigenvalue weighted by Gasteiger charge is -2.32. The molecule has 0 aliphatic heterocycles. The van der Waals surface area contributed by atoms with E-state index in [0.717, 1.165) is 21.5 Å². The summed E-state index contributed by atoms with van der Waals surface area (Å²) < 4.78 is 14.4. The molecule has 4 aromatic rings. The summed E-state index contributed by atoms with van der Waals surface area (Å²) in [7, 11) is 0. The number of halogens is 2. The smallest absolute Gasteiger partial charge is 0.328 e. The molecule has 4 rings (SSSR count). The van der Waals surface area contributed by atoms with Gasteiger partial charge in [0, 0.05) is 56.3 Å². The monoisotopic (exact) mass is 540 g/mol. The molecular weight excluding hydrogens is 519 g/mol. The number of carbonyl (C=O) groups is 3. The normalized spacial score (nSPS) is 11.5. The van der Waals surface area contributed by atoms with E-state index in [1.165, 1.54) is 24.3 Å². The minimum Gasteiger partial charge on any atom is -0.478 e. The molecular formula is C27H22ClFN2O5S. The van der Waals surface area contributed by atoms with Gasteiger partial charge in [0.05, 0.1) is 11.7 Å². The first kappa shape index (κ1) is 27.5. The van der Waals surface area contributed by atoms with Gasteiger partial charge in [0.1, 0.15) is 5.82 Å². The molecule has 2 aromatic heterocycles. The molecule has 0 spiro atoms. The van der Waals surface area contributed by atoms with Gasteiger partial charge in [-0.2, -0.15) is 0 Å². The first-order chi connectivity index (χ1) is 17.7. The standard InChI is InChI=1S/C23H18ClFN2OS.C4H4O4/c1-2-20(23(28)15-3-6-17(25)7-4-15)27(18-9-11-26-12-10-18)21-14-29-22-13-16(24)5-8-19(21)22;5-3(6)1-2-4(7)8/h3-14,20H,2H2,1H3;1-2H,(H,5,6)(H,7,8)/b;2-1+. The van der Waals surface area contributed by atoms with Crippen LogP contribution in [0.15, 0.2) is 84.5 Å². The van der Waals surface area contributed by atoms with Gasteiger partial charge in [0.2, 0.25) is 0 Å². The van der Waals surface area contributed by atoms with Gasteiger partial charge < -0.3 is 15.1 Å². The van der Waals surface area contributed by atoms with E-state index in [4.69, 9.17) is 21.8 Å². The van der Waals surface area contributed by atoms with Gasteiger partial charge in [-0.15, -0.1) is 11.3 Å². The number of carboxylic acid groups (broad SMARTS) is 2. The summed E-state index contributed by atoms with van der Waals surface area (Å²) in [6.07, 6.45) is 5.12. The first-order valence-electron chi connectivity index (χ1n) is 11.0. The van der Waals surface area contributed by atoms with Crippen molar-refractivity contribution in [2.75, 3.05) is 4.90 Å². The van der Waals surface area contributed by atoms with E-state index in [1.54, 1.807) is 23.7 Å². The number of pyridine rings is 1. The molecule has 0 radical (unpaired) electrons. The predicted octanol–water partition coefficient (Wildman–Crippen LogP) is 6.60. The van der Waals surface area contributed by atoms with Crippen molar-refractivity contribution >= 4 is 62.1 Å². The number of benzene rings is 2. The maximum Gasteiger partial charge on any atom is 0.328 e. The molecule has 2 heterocycles. The van der Waals surface area contributed by atoms with Crippen LogP contribution in [0.1, 0.15) is 23.7 Å². The Hall–Kier alpha value is -4.08. The molecule has 1 atom stereocenters. The Labute approximate surface area is 221 Å². The van der Waals surface area contributed by atoms with Crippen LogP contribution in [0.25, 0.3) is 10.1 Å². The summed E-state index contributed by atoms with van der Waals surface area (Å²) in [5, 5.41) is 19.4. The zero-order valence-electron chi connectivity index (χ0n) is 19.5. The van der Waals surface area contributed by atoms with Crippen molar-refractivity contribution in [3.63, 3.8) is 0 Å². The van der Waals surface area contributed by atoms with Crippen LogP contribution in [-0.4, -0.2) is 39.0 Å². The summed E-state index contributed by atoms with van der Waals surface area (Å²) >= 11 is 7.74. The number of nitrogens with zero attached hydrogens (tertiary/aromatic N) is 2. The third kappa shape index (κ3) is 7.22. The lowest BCUT2D eigenvalue weighted by Crippen LogP contribution is -2.37. The Morgan fingerprint density at radius 2 is 1.65 bits per heavy atom. The fourth-order valence-corrected chi connectivity index (χ4v) is 4.81. The van der Waals surface area contributed by atoms with Gasteiger partial charge in [0.15, 0.2) is 5.78 Å². The molecule has 0 saturated carbocycles. The second-order valence-electron chi connectivity index (χ2n) is 7.64. The van der Waals surface area contributed by atoms with E-state index in [1.807, 2.05) is 47.5 Å². The van der Waals surface area contributed by atoms with E-state index in [-0.39, 0.29) is 11.6 Å². The highest BCUT2D eigenvalue weighted by molar-refractivity contribution is 7.17. The molecule has 0 amide bonds. The zero-order valence-corrected chi connectivity index (χ0v) is 21.1. The van der Waals surface area contributed by atoms with Crippen LogP contribution in [0, 0.1) is 5.82 Å². The molecule has 190 valence electrons. The van der Waals surface area contributed by atoms with Gasteiger partial charge in [-0.05, 0) is 61.0 Å². The second kappa shape index (κ2) is 12.8. The molecule has 0 aliphatic rings. The van der Waals surface area contributed by atoms with E-state index in [9.17, 15) is 18.8 Å². The van der Waals surface area contributed by atoms with Crippen LogP contribution >= 0.6 is 22.9 Å². The third-order valence-electron chi connectivity index (χ3n) is 5.22. The van der Waals surface area contributed by atoms with E-state index < -0.39 is 18.0 Å². The number of aliphatic carboxylic acids is 2. The number of fused-ring (bicyclic) bond motifs is 1. The Bertz CT molecular complexity index is 1410. The number of ketones is 1. The van der Waals surface area contributed by atoms with Crippen LogP contribution in [-0.2, 0) is 9.59 Å². The Morgan fingerprint density at radius 3 is 2.22 bits per heavy atom. The fourth-order valence-electron chi connectivity index (χ4n) is 3.60. The fraction of sp³-hybridized carbons (Fsp3) is 0.111. The molecule has 0 aliphatic carbocycles. The average molecular weight is 541 g/mol. The number of Topliss-reactive ketones (excluding diaryl/α,β-unsaturated/α-hetero) is 1. The molecule has 10 heteroatoms. The van der Waals surface area contributed by atoms with Gasteiger partial charge >= 0.3 is 11.9 Å². The second-order valence-corrected chi connectivity index (χ2v) is 8.99. The number of carboxylic acids is 2. The summed E-state index contributed by atoms with van der Waals surface area (Å²) in [5.74, 6) is -2.93. The maximum absolute atomic E-state index is 13.4. The van der Waals surface area contributed by atoms with Crippen molar-refractivity contribution in [1.29, 1.82) is 0 Å². The first-order valence-corrected chi connectivity index (χ1v) is 12.3. The molecule has 0 saturated heterocycles. The van der Waals surface area contributed by atoms with E-state index in [2.05, 4.69) is 4.98 Å². The van der Waals surface area contributed by atoms with Crippen molar-refractivity contribution in [2.24, 2.45) is 0 Å². The van der Waals surface area contributed by atoms with Crippen LogP contribution in [0.4, 0.5) is 15.8 Å². The highest BCUT2D eigenvalue weighted by atomic mass is 35.5. The molecule has 0 bridgehead atoms. The number of anilines is 2. The van der Waals surface area contributed by atoms with Crippen LogP contribution in [0.3, 0.4) is 0 Å². The molecule has 2 aromatic carbocycles. The number of hydrogen-bond acceptors (Lipinski definition) is 6. The minimum atomic E-state index is -1.26. The van der Waals surface area contributed by atoms with E-state index >= 15 is 0 Å². The van der Waals surface area contributed by atoms with Crippen molar-refractivity contribution in [3.05, 3.63) is 101 Å². The summed E-state index contributed by atoms with van der Waals surface area (Å²) in [6.45, 7) is 1.98. The Morgan fingerprint density at radius 1 is 1.03 bits per heavy atom. The topological polar surface area (TPSA) is 108 Å².